The third-order valence-electron chi connectivity index (χ3n) is 3.74. The van der Waals surface area contributed by atoms with Crippen molar-refractivity contribution in [2.75, 3.05) is 6.61 Å². The van der Waals surface area contributed by atoms with E-state index in [1.807, 2.05) is 6.92 Å². The van der Waals surface area contributed by atoms with E-state index in [9.17, 15) is 9.90 Å². The Labute approximate surface area is 124 Å². The van der Waals surface area contributed by atoms with Crippen molar-refractivity contribution in [1.29, 1.82) is 0 Å². The highest BCUT2D eigenvalue weighted by Crippen LogP contribution is 2.38. The molecule has 2 aliphatic rings. The van der Waals surface area contributed by atoms with Crippen LogP contribution >= 0.6 is 0 Å². The molecule has 2 heterocycles. The Hall–Kier alpha value is -0.730. The van der Waals surface area contributed by atoms with Crippen LogP contribution in [0.15, 0.2) is 0 Å². The number of hydrogen-bond acceptors (Lipinski definition) is 6. The van der Waals surface area contributed by atoms with Crippen molar-refractivity contribution in [3.05, 3.63) is 0 Å². The summed E-state index contributed by atoms with van der Waals surface area (Å²) in [6.07, 6.45) is -0.843. The first-order chi connectivity index (χ1) is 9.88. The second kappa shape index (κ2) is 6.58. The summed E-state index contributed by atoms with van der Waals surface area (Å²) in [6.45, 7) is 5.09. The Kier molecular flexibility index (Phi) is 5.21. The smallest absolute Gasteiger partial charge is 0.220 e. The summed E-state index contributed by atoms with van der Waals surface area (Å²) in [4.78, 5) is 12.0. The topological polar surface area (TPSA) is 97.3 Å². The molecule has 0 spiro atoms. The Balaban J connectivity index is 2.06. The minimum atomic E-state index is -1.10. The predicted molar refractivity (Wildman–Crippen MR) is 73.2 cm³/mol. The van der Waals surface area contributed by atoms with Gasteiger partial charge in [0.2, 0.25) is 5.91 Å². The third-order valence-corrected chi connectivity index (χ3v) is 3.74. The second-order valence-electron chi connectivity index (χ2n) is 6.02. The molecule has 0 aliphatic carbocycles. The van der Waals surface area contributed by atoms with Crippen molar-refractivity contribution in [3.63, 3.8) is 0 Å². The number of carbonyl (C=O) groups is 1. The first-order valence-corrected chi connectivity index (χ1v) is 7.47. The molecule has 0 radical (unpaired) electrons. The van der Waals surface area contributed by atoms with Gasteiger partial charge in [0.05, 0.1) is 12.6 Å². The van der Waals surface area contributed by atoms with Crippen LogP contribution < -0.4 is 5.32 Å². The lowest BCUT2D eigenvalue weighted by Gasteiger charge is -2.28. The fourth-order valence-corrected chi connectivity index (χ4v) is 2.73. The summed E-state index contributed by atoms with van der Waals surface area (Å²) in [6, 6.07) is -0.539. The Morgan fingerprint density at radius 2 is 2.10 bits per heavy atom. The van der Waals surface area contributed by atoms with Gasteiger partial charge < -0.3 is 29.7 Å². The third kappa shape index (κ3) is 3.73. The maximum Gasteiger partial charge on any atom is 0.220 e. The van der Waals surface area contributed by atoms with Gasteiger partial charge in [-0.2, -0.15) is 0 Å². The van der Waals surface area contributed by atoms with Crippen LogP contribution in [-0.2, 0) is 19.0 Å². The van der Waals surface area contributed by atoms with Gasteiger partial charge >= 0.3 is 0 Å². The van der Waals surface area contributed by atoms with Gasteiger partial charge in [-0.15, -0.1) is 0 Å². The van der Waals surface area contributed by atoms with Crippen molar-refractivity contribution in [2.45, 2.75) is 76.5 Å². The molecule has 0 aromatic heterocycles. The molecule has 1 amide bonds. The average Bonchev–Trinajstić information content (AvgIpc) is 2.89. The van der Waals surface area contributed by atoms with Gasteiger partial charge in [0, 0.05) is 6.42 Å². The maximum atomic E-state index is 12.0. The zero-order valence-electron chi connectivity index (χ0n) is 12.7. The maximum absolute atomic E-state index is 12.0. The van der Waals surface area contributed by atoms with Crippen molar-refractivity contribution in [2.24, 2.45) is 0 Å². The number of nitrogens with one attached hydrogen (secondary N) is 1. The molecule has 7 heteroatoms. The van der Waals surface area contributed by atoms with E-state index in [1.54, 1.807) is 13.8 Å². The van der Waals surface area contributed by atoms with E-state index in [0.717, 1.165) is 12.8 Å². The van der Waals surface area contributed by atoms with Crippen LogP contribution in [0.25, 0.3) is 0 Å². The van der Waals surface area contributed by atoms with E-state index in [4.69, 9.17) is 19.3 Å². The second-order valence-corrected chi connectivity index (χ2v) is 6.02. The Morgan fingerprint density at radius 1 is 1.38 bits per heavy atom. The van der Waals surface area contributed by atoms with E-state index in [2.05, 4.69) is 5.32 Å². The molecule has 122 valence electrons. The van der Waals surface area contributed by atoms with Gasteiger partial charge in [-0.05, 0) is 20.3 Å². The molecule has 0 aromatic rings. The van der Waals surface area contributed by atoms with Crippen LogP contribution in [0.4, 0.5) is 0 Å². The first kappa shape index (κ1) is 16.6. The summed E-state index contributed by atoms with van der Waals surface area (Å²) in [5.41, 5.74) is 0. The molecule has 0 bridgehead atoms. The minimum absolute atomic E-state index is 0.116. The molecule has 0 saturated carbocycles. The number of hydrogen-bond donors (Lipinski definition) is 3. The standard InChI is InChI=1S/C14H25NO6/c1-4-5-6-9(18)15-10-11(8(17)7-16)19-13-12(10)20-14(2,3)21-13/h8,10-13,16-17H,4-7H2,1-3H3,(H,15,18)/t8-,10+,11-,12-,13-/m1/s1. The summed E-state index contributed by atoms with van der Waals surface area (Å²) >= 11 is 0. The lowest BCUT2D eigenvalue weighted by molar-refractivity contribution is -0.218. The summed E-state index contributed by atoms with van der Waals surface area (Å²) in [7, 11) is 0. The SMILES string of the molecule is CCCCC(=O)N[C@@H]1[C@H]2OC(C)(C)O[C@H]2O[C@@H]1[C@H](O)CO. The van der Waals surface area contributed by atoms with Gasteiger partial charge in [0.25, 0.3) is 0 Å². The summed E-state index contributed by atoms with van der Waals surface area (Å²) in [5, 5.41) is 21.8. The molecule has 2 fully saturated rings. The lowest BCUT2D eigenvalue weighted by Crippen LogP contribution is -2.52. The minimum Gasteiger partial charge on any atom is -0.394 e. The monoisotopic (exact) mass is 303 g/mol. The molecule has 3 N–H and O–H groups in total. The van der Waals surface area contributed by atoms with Gasteiger partial charge in [-0.1, -0.05) is 13.3 Å². The first-order valence-electron chi connectivity index (χ1n) is 7.47. The molecule has 0 unspecified atom stereocenters. The van der Waals surface area contributed by atoms with Crippen molar-refractivity contribution in [3.8, 4) is 0 Å². The quantitative estimate of drug-likeness (QED) is 0.633. The number of aliphatic hydroxyl groups excluding tert-OH is 2. The number of ether oxygens (including phenoxy) is 3. The van der Waals surface area contributed by atoms with Crippen LogP contribution in [0.2, 0.25) is 0 Å². The van der Waals surface area contributed by atoms with Crippen LogP contribution in [0.5, 0.6) is 0 Å². The average molecular weight is 303 g/mol. The molecule has 2 rings (SSSR count). The highest BCUT2D eigenvalue weighted by molar-refractivity contribution is 5.76. The van der Waals surface area contributed by atoms with E-state index in [0.29, 0.717) is 6.42 Å². The zero-order chi connectivity index (χ0) is 15.6. The van der Waals surface area contributed by atoms with E-state index in [1.165, 1.54) is 0 Å². The molecular formula is C14H25NO6. The highest BCUT2D eigenvalue weighted by atomic mass is 16.8. The number of rotatable bonds is 6. The number of amides is 1. The molecule has 21 heavy (non-hydrogen) atoms. The molecule has 5 atom stereocenters. The number of unbranched alkanes of at least 4 members (excludes halogenated alkanes) is 1. The molecule has 7 nitrogen and oxygen atoms in total. The molecule has 2 saturated heterocycles. The number of carbonyl (C=O) groups excluding carboxylic acids is 1. The largest absolute Gasteiger partial charge is 0.394 e. The fourth-order valence-electron chi connectivity index (χ4n) is 2.73. The van der Waals surface area contributed by atoms with E-state index in [-0.39, 0.29) is 5.91 Å². The molecule has 2 aliphatic heterocycles. The molecule has 0 aromatic carbocycles. The van der Waals surface area contributed by atoms with Crippen LogP contribution in [0.1, 0.15) is 40.0 Å². The normalized spacial score (nSPS) is 35.5. The van der Waals surface area contributed by atoms with Gasteiger partial charge in [-0.3, -0.25) is 4.79 Å². The Morgan fingerprint density at radius 3 is 2.71 bits per heavy atom. The predicted octanol–water partition coefficient (Wildman–Crippen LogP) is -0.109. The van der Waals surface area contributed by atoms with Gasteiger partial charge in [0.1, 0.15) is 18.3 Å². The Bertz CT molecular complexity index is 374. The van der Waals surface area contributed by atoms with Gasteiger partial charge in [0.15, 0.2) is 12.1 Å². The van der Waals surface area contributed by atoms with Crippen molar-refractivity contribution < 1.29 is 29.2 Å². The van der Waals surface area contributed by atoms with Crippen LogP contribution in [0, 0.1) is 0 Å². The van der Waals surface area contributed by atoms with E-state index >= 15 is 0 Å². The van der Waals surface area contributed by atoms with E-state index < -0.39 is 43.0 Å². The summed E-state index contributed by atoms with van der Waals surface area (Å²) in [5.74, 6) is -0.911. The van der Waals surface area contributed by atoms with Gasteiger partial charge in [-0.25, -0.2) is 0 Å². The van der Waals surface area contributed by atoms with Crippen LogP contribution in [0.3, 0.4) is 0 Å². The zero-order valence-corrected chi connectivity index (χ0v) is 12.7. The summed E-state index contributed by atoms with van der Waals surface area (Å²) < 4.78 is 17.0. The van der Waals surface area contributed by atoms with Crippen molar-refractivity contribution >= 4 is 5.91 Å². The van der Waals surface area contributed by atoms with Crippen molar-refractivity contribution in [1.82, 2.24) is 5.32 Å². The number of fused-ring (bicyclic) bond motifs is 1. The lowest BCUT2D eigenvalue weighted by atomic mass is 10.0. The fraction of sp³-hybridized carbons (Fsp3) is 0.929. The van der Waals surface area contributed by atoms with Crippen LogP contribution in [-0.4, -0.2) is 59.2 Å². The highest BCUT2D eigenvalue weighted by Gasteiger charge is 2.56. The number of aliphatic hydroxyl groups is 2. The molecular weight excluding hydrogens is 278 g/mol.